The van der Waals surface area contributed by atoms with Crippen LogP contribution in [0.5, 0.6) is 11.5 Å². The van der Waals surface area contributed by atoms with Gasteiger partial charge in [0.25, 0.3) is 0 Å². The molecule has 0 amide bonds. The van der Waals surface area contributed by atoms with Gasteiger partial charge >= 0.3 is 13.2 Å². The van der Waals surface area contributed by atoms with E-state index in [1.165, 1.54) is 12.1 Å². The average molecular weight is 498 g/mol. The molecular weight excluding hydrogens is 476 g/mol. The summed E-state index contributed by atoms with van der Waals surface area (Å²) in [5.41, 5.74) is 3.16. The van der Waals surface area contributed by atoms with Crippen LogP contribution >= 0.6 is 0 Å². The summed E-state index contributed by atoms with van der Waals surface area (Å²) >= 11 is 0. The number of aromatic nitrogens is 3. The maximum atomic E-state index is 13.0. The predicted molar refractivity (Wildman–Crippen MR) is 125 cm³/mol. The van der Waals surface area contributed by atoms with Crippen molar-refractivity contribution in [2.75, 3.05) is 5.32 Å². The third-order valence-corrected chi connectivity index (χ3v) is 5.36. The molecule has 0 aliphatic rings. The minimum absolute atomic E-state index is 0.342. The van der Waals surface area contributed by atoms with Gasteiger partial charge in [-0.3, -0.25) is 9.97 Å². The van der Waals surface area contributed by atoms with Crippen LogP contribution < -0.4 is 14.8 Å². The molecule has 0 aliphatic heterocycles. The Morgan fingerprint density at radius 1 is 0.750 bits per heavy atom. The Balaban J connectivity index is 1.62. The van der Waals surface area contributed by atoms with E-state index in [1.807, 2.05) is 42.5 Å². The lowest BCUT2D eigenvalue weighted by Crippen LogP contribution is -2.10. The first-order valence-corrected chi connectivity index (χ1v) is 11.0. The highest BCUT2D eigenvalue weighted by Gasteiger charge is 2.21. The predicted octanol–water partition coefficient (Wildman–Crippen LogP) is 6.06. The lowest BCUT2D eigenvalue weighted by Gasteiger charge is -2.20. The topological polar surface area (TPSA) is 69.2 Å². The Morgan fingerprint density at radius 2 is 1.50 bits per heavy atom. The van der Waals surface area contributed by atoms with Crippen LogP contribution in [-0.4, -0.2) is 28.2 Å². The molecule has 36 heavy (non-hydrogen) atoms. The number of anilines is 1. The van der Waals surface area contributed by atoms with E-state index in [-0.39, 0.29) is 5.92 Å². The van der Waals surface area contributed by atoms with Crippen molar-refractivity contribution in [3.8, 4) is 11.5 Å². The highest BCUT2D eigenvalue weighted by atomic mass is 19.3. The van der Waals surface area contributed by atoms with E-state index in [9.17, 15) is 17.6 Å². The number of pyridine rings is 3. The van der Waals surface area contributed by atoms with Crippen LogP contribution in [0.4, 0.5) is 23.4 Å². The van der Waals surface area contributed by atoms with E-state index in [1.54, 1.807) is 30.9 Å². The zero-order valence-corrected chi connectivity index (χ0v) is 18.9. The molecule has 1 N–H and O–H groups in total. The first-order valence-electron chi connectivity index (χ1n) is 11.0. The smallest absolute Gasteiger partial charge is 0.387 e. The monoisotopic (exact) mass is 498 g/mol. The highest BCUT2D eigenvalue weighted by molar-refractivity contribution is 5.47. The fraction of sp³-hybridized carbons (Fsp3) is 0.192. The van der Waals surface area contributed by atoms with E-state index in [0.717, 1.165) is 16.8 Å². The van der Waals surface area contributed by atoms with Crippen molar-refractivity contribution >= 4 is 5.82 Å². The maximum absolute atomic E-state index is 13.0. The third kappa shape index (κ3) is 6.91. The molecule has 3 heterocycles. The van der Waals surface area contributed by atoms with E-state index in [2.05, 4.69) is 29.7 Å². The molecule has 4 rings (SSSR count). The minimum atomic E-state index is -3.20. The van der Waals surface area contributed by atoms with Crippen molar-refractivity contribution in [3.63, 3.8) is 0 Å². The van der Waals surface area contributed by atoms with Gasteiger partial charge in [0, 0.05) is 30.7 Å². The molecule has 1 unspecified atom stereocenters. The molecule has 10 heteroatoms. The summed E-state index contributed by atoms with van der Waals surface area (Å²) < 4.78 is 60.4. The van der Waals surface area contributed by atoms with Crippen molar-refractivity contribution in [1.82, 2.24) is 15.0 Å². The lowest BCUT2D eigenvalue weighted by atomic mass is 9.87. The number of hydrogen-bond acceptors (Lipinski definition) is 6. The maximum Gasteiger partial charge on any atom is 0.387 e. The van der Waals surface area contributed by atoms with Gasteiger partial charge in [0.2, 0.25) is 0 Å². The summed E-state index contributed by atoms with van der Waals surface area (Å²) in [7, 11) is 0. The minimum Gasteiger partial charge on any atom is -0.431 e. The summed E-state index contributed by atoms with van der Waals surface area (Å²) in [5.74, 6) is -0.645. The molecule has 0 aliphatic carbocycles. The molecule has 0 spiro atoms. The third-order valence-electron chi connectivity index (χ3n) is 5.36. The van der Waals surface area contributed by atoms with E-state index < -0.39 is 24.7 Å². The molecule has 186 valence electrons. The average Bonchev–Trinajstić information content (AvgIpc) is 2.88. The van der Waals surface area contributed by atoms with E-state index >= 15 is 0 Å². The van der Waals surface area contributed by atoms with Crippen LogP contribution in [0.25, 0.3) is 0 Å². The summed E-state index contributed by atoms with van der Waals surface area (Å²) in [6.45, 7) is -5.89. The van der Waals surface area contributed by atoms with Gasteiger partial charge in [-0.1, -0.05) is 18.2 Å². The first-order chi connectivity index (χ1) is 17.5. The fourth-order valence-electron chi connectivity index (χ4n) is 3.71. The van der Waals surface area contributed by atoms with Crippen molar-refractivity contribution in [3.05, 3.63) is 108 Å². The van der Waals surface area contributed by atoms with E-state index in [0.29, 0.717) is 24.3 Å². The van der Waals surface area contributed by atoms with Gasteiger partial charge in [0.15, 0.2) is 11.5 Å². The van der Waals surface area contributed by atoms with Crippen LogP contribution in [0.1, 0.15) is 28.3 Å². The molecule has 1 atom stereocenters. The van der Waals surface area contributed by atoms with Crippen molar-refractivity contribution in [2.24, 2.45) is 0 Å². The number of nitrogens with zero attached hydrogens (tertiary/aromatic N) is 3. The van der Waals surface area contributed by atoms with Gasteiger partial charge in [0.05, 0.1) is 12.2 Å². The number of benzene rings is 1. The number of rotatable bonds is 11. The Morgan fingerprint density at radius 3 is 2.17 bits per heavy atom. The molecular formula is C26H22F4N4O2. The zero-order chi connectivity index (χ0) is 25.3. The first kappa shape index (κ1) is 24.9. The molecule has 0 saturated carbocycles. The second-order valence-corrected chi connectivity index (χ2v) is 7.73. The van der Waals surface area contributed by atoms with Crippen LogP contribution in [0, 0.1) is 0 Å². The van der Waals surface area contributed by atoms with Crippen molar-refractivity contribution in [2.45, 2.75) is 32.1 Å². The summed E-state index contributed by atoms with van der Waals surface area (Å²) in [4.78, 5) is 12.8. The van der Waals surface area contributed by atoms with Gasteiger partial charge in [-0.25, -0.2) is 4.98 Å². The second kappa shape index (κ2) is 12.0. The van der Waals surface area contributed by atoms with Crippen molar-refractivity contribution < 1.29 is 27.0 Å². The summed E-state index contributed by atoms with van der Waals surface area (Å²) in [6.07, 6.45) is 7.18. The zero-order valence-electron chi connectivity index (χ0n) is 18.9. The van der Waals surface area contributed by atoms with Crippen LogP contribution in [-0.2, 0) is 13.0 Å². The van der Waals surface area contributed by atoms with Crippen molar-refractivity contribution in [1.29, 1.82) is 0 Å². The largest absolute Gasteiger partial charge is 0.431 e. The lowest BCUT2D eigenvalue weighted by molar-refractivity contribution is -0.0692. The van der Waals surface area contributed by atoms with Gasteiger partial charge in [-0.15, -0.1) is 0 Å². The number of hydrogen-bond donors (Lipinski definition) is 1. The Kier molecular flexibility index (Phi) is 8.28. The highest BCUT2D eigenvalue weighted by Crippen LogP contribution is 2.37. The fourth-order valence-corrected chi connectivity index (χ4v) is 3.71. The second-order valence-electron chi connectivity index (χ2n) is 7.73. The van der Waals surface area contributed by atoms with Crippen LogP contribution in [0.2, 0.25) is 0 Å². The Labute approximate surface area is 205 Å². The van der Waals surface area contributed by atoms with Crippen LogP contribution in [0.15, 0.2) is 85.5 Å². The molecule has 0 bridgehead atoms. The quantitative estimate of drug-likeness (QED) is 0.254. The molecule has 6 nitrogen and oxygen atoms in total. The molecule has 3 aromatic heterocycles. The van der Waals surface area contributed by atoms with Gasteiger partial charge < -0.3 is 14.8 Å². The van der Waals surface area contributed by atoms with Gasteiger partial charge in [-0.2, -0.15) is 17.6 Å². The molecule has 1 aromatic carbocycles. The molecule has 4 aromatic rings. The molecule has 0 fully saturated rings. The van der Waals surface area contributed by atoms with Crippen LogP contribution in [0.3, 0.4) is 0 Å². The van der Waals surface area contributed by atoms with Gasteiger partial charge in [-0.05, 0) is 65.6 Å². The molecule has 0 saturated heterocycles. The normalized spacial score (nSPS) is 11.9. The number of halogens is 4. The number of alkyl halides is 4. The Hall–Kier alpha value is -4.21. The molecule has 0 radical (unpaired) electrons. The number of nitrogens with one attached hydrogen (secondary N) is 1. The summed E-state index contributed by atoms with van der Waals surface area (Å²) in [6, 6.07) is 17.0. The van der Waals surface area contributed by atoms with Gasteiger partial charge in [0.1, 0.15) is 5.82 Å². The summed E-state index contributed by atoms with van der Waals surface area (Å²) in [5, 5.41) is 3.20. The van der Waals surface area contributed by atoms with E-state index in [4.69, 9.17) is 0 Å². The standard InChI is InChI=1S/C26H22F4N4O2/c27-25(28)35-22-6-4-18(14-23(22)36-26(29)30)21(13-17-8-11-31-12-9-17)19-5-7-24(33-15-19)34-16-20-3-1-2-10-32-20/h1-12,14-15,21,25-26H,13,16H2,(H,33,34). The Bertz CT molecular complexity index is 1230. The SMILES string of the molecule is FC(F)Oc1ccc(C(Cc2ccncc2)c2ccc(NCc3ccccn3)nc2)cc1OC(F)F. The number of ether oxygens (including phenoxy) is 2.